The van der Waals surface area contributed by atoms with Gasteiger partial charge >= 0.3 is 0 Å². The summed E-state index contributed by atoms with van der Waals surface area (Å²) >= 11 is 0. The Labute approximate surface area is 128 Å². The van der Waals surface area contributed by atoms with Crippen molar-refractivity contribution in [3.8, 4) is 0 Å². The minimum Gasteiger partial charge on any atom is -0.273 e. The molecule has 2 fully saturated rings. The number of amides is 1. The van der Waals surface area contributed by atoms with E-state index in [0.29, 0.717) is 25.1 Å². The molecule has 2 saturated heterocycles. The zero-order valence-electron chi connectivity index (χ0n) is 12.5. The molecule has 0 N–H and O–H groups in total. The maximum Gasteiger partial charge on any atom is 0.247 e. The lowest BCUT2D eigenvalue weighted by molar-refractivity contribution is -0.144. The maximum absolute atomic E-state index is 13.9. The molecule has 4 nitrogen and oxygen atoms in total. The molecule has 3 atom stereocenters. The average molecular weight is 305 g/mol. The van der Waals surface area contributed by atoms with Gasteiger partial charge in [0.1, 0.15) is 12.0 Å². The van der Waals surface area contributed by atoms with Gasteiger partial charge in [-0.25, -0.2) is 18.6 Å². The van der Waals surface area contributed by atoms with E-state index in [1.165, 1.54) is 19.1 Å². The van der Waals surface area contributed by atoms with Crippen LogP contribution < -0.4 is 0 Å². The number of hydrogen-bond donors (Lipinski definition) is 0. The Hall–Kier alpha value is -2.00. The summed E-state index contributed by atoms with van der Waals surface area (Å²) in [6.07, 6.45) is -0.596. The Morgan fingerprint density at radius 3 is 2.82 bits per heavy atom. The maximum atomic E-state index is 13.9. The van der Waals surface area contributed by atoms with Gasteiger partial charge < -0.3 is 0 Å². The topological polar surface area (TPSA) is 27.9 Å². The van der Waals surface area contributed by atoms with Crippen LogP contribution in [0.15, 0.2) is 18.2 Å². The normalized spacial score (nSPS) is 29.5. The van der Waals surface area contributed by atoms with Crippen molar-refractivity contribution < 1.29 is 13.6 Å². The van der Waals surface area contributed by atoms with E-state index in [2.05, 4.69) is 4.85 Å². The molecule has 0 aromatic heterocycles. The summed E-state index contributed by atoms with van der Waals surface area (Å²) in [7, 11) is 0. The molecule has 0 spiro atoms. The second-order valence-electron chi connectivity index (χ2n) is 6.23. The first-order valence-electron chi connectivity index (χ1n) is 7.27. The minimum atomic E-state index is -1.25. The van der Waals surface area contributed by atoms with Crippen molar-refractivity contribution in [1.82, 2.24) is 10.0 Å². The number of hydrazine groups is 1. The number of hydrogen-bond acceptors (Lipinski definition) is 2. The Kier molecular flexibility index (Phi) is 3.41. The van der Waals surface area contributed by atoms with Crippen LogP contribution in [-0.4, -0.2) is 35.2 Å². The molecule has 116 valence electrons. The summed E-state index contributed by atoms with van der Waals surface area (Å²) in [6, 6.07) is 3.80. The molecule has 2 aliphatic heterocycles. The van der Waals surface area contributed by atoms with Gasteiger partial charge in [0.05, 0.1) is 18.0 Å². The second-order valence-corrected chi connectivity index (χ2v) is 6.23. The molecule has 0 radical (unpaired) electrons. The smallest absolute Gasteiger partial charge is 0.247 e. The lowest BCUT2D eigenvalue weighted by Crippen LogP contribution is -2.39. The van der Waals surface area contributed by atoms with Crippen LogP contribution in [0, 0.1) is 17.8 Å². The Morgan fingerprint density at radius 1 is 1.45 bits per heavy atom. The third-order valence-corrected chi connectivity index (χ3v) is 4.76. The van der Waals surface area contributed by atoms with Crippen LogP contribution in [0.5, 0.6) is 0 Å². The number of fused-ring (bicyclic) bond motifs is 1. The number of carbonyl (C=O) groups is 1. The predicted molar refractivity (Wildman–Crippen MR) is 77.1 cm³/mol. The number of rotatable bonds is 2. The molecule has 1 amide bonds. The molecule has 0 saturated carbocycles. The molecule has 2 aliphatic rings. The summed E-state index contributed by atoms with van der Waals surface area (Å²) < 4.78 is 27.6. The van der Waals surface area contributed by atoms with Gasteiger partial charge in [-0.15, -0.1) is 0 Å². The standard InChI is InChI=1S/C16H17F2N3O/c1-10(17)16(2)9-20-5-4-14(21(20)15(16)22)11-6-12(18)8-13(7-11)19-3/h6-8,10,14H,4-5,9H2,1-2H3/t10?,14-,16?/m1/s1. The zero-order valence-corrected chi connectivity index (χ0v) is 12.5. The molecule has 6 heteroatoms. The van der Waals surface area contributed by atoms with Crippen LogP contribution in [0.3, 0.4) is 0 Å². The highest BCUT2D eigenvalue weighted by Crippen LogP contribution is 2.45. The van der Waals surface area contributed by atoms with Gasteiger partial charge in [0.25, 0.3) is 0 Å². The van der Waals surface area contributed by atoms with Crippen LogP contribution in [0.4, 0.5) is 14.5 Å². The first-order chi connectivity index (χ1) is 10.4. The molecule has 0 aliphatic carbocycles. The quantitative estimate of drug-likeness (QED) is 0.785. The number of carbonyl (C=O) groups excluding carboxylic acids is 1. The SMILES string of the molecule is [C-]#[N+]c1cc(F)cc([C@H]2CCN3CC(C)(C(C)F)C(=O)N23)c1. The van der Waals surface area contributed by atoms with E-state index in [1.807, 2.05) is 5.01 Å². The average Bonchev–Trinajstić information content (AvgIpc) is 2.98. The van der Waals surface area contributed by atoms with Gasteiger partial charge in [-0.2, -0.15) is 0 Å². The summed E-state index contributed by atoms with van der Waals surface area (Å²) in [4.78, 5) is 15.9. The van der Waals surface area contributed by atoms with Gasteiger partial charge in [0, 0.05) is 13.1 Å². The summed E-state index contributed by atoms with van der Waals surface area (Å²) in [5.74, 6) is -0.756. The van der Waals surface area contributed by atoms with Crippen molar-refractivity contribution in [2.45, 2.75) is 32.5 Å². The molecule has 1 aromatic carbocycles. The lowest BCUT2D eigenvalue weighted by atomic mass is 9.85. The van der Waals surface area contributed by atoms with E-state index < -0.39 is 17.4 Å². The fraction of sp³-hybridized carbons (Fsp3) is 0.500. The first kappa shape index (κ1) is 14.9. The Balaban J connectivity index is 1.97. The van der Waals surface area contributed by atoms with Crippen molar-refractivity contribution in [3.05, 3.63) is 41.0 Å². The van der Waals surface area contributed by atoms with Gasteiger partial charge in [-0.1, -0.05) is 6.07 Å². The monoisotopic (exact) mass is 305 g/mol. The van der Waals surface area contributed by atoms with Crippen molar-refractivity contribution >= 4 is 11.6 Å². The van der Waals surface area contributed by atoms with E-state index in [1.54, 1.807) is 18.0 Å². The van der Waals surface area contributed by atoms with E-state index in [-0.39, 0.29) is 17.6 Å². The number of nitrogens with zero attached hydrogens (tertiary/aromatic N) is 3. The van der Waals surface area contributed by atoms with Gasteiger partial charge in [-0.05, 0) is 38.0 Å². The molecule has 22 heavy (non-hydrogen) atoms. The minimum absolute atomic E-state index is 0.210. The Morgan fingerprint density at radius 2 is 2.18 bits per heavy atom. The third-order valence-electron chi connectivity index (χ3n) is 4.76. The van der Waals surface area contributed by atoms with Crippen molar-refractivity contribution in [3.63, 3.8) is 0 Å². The third kappa shape index (κ3) is 2.08. The van der Waals surface area contributed by atoms with Crippen LogP contribution in [0.25, 0.3) is 4.85 Å². The molecule has 2 unspecified atom stereocenters. The second kappa shape index (κ2) is 5.03. The van der Waals surface area contributed by atoms with Gasteiger partial charge in [-0.3, -0.25) is 9.80 Å². The largest absolute Gasteiger partial charge is 0.273 e. The predicted octanol–water partition coefficient (Wildman–Crippen LogP) is 3.24. The van der Waals surface area contributed by atoms with Crippen molar-refractivity contribution in [1.29, 1.82) is 0 Å². The molecule has 1 aromatic rings. The van der Waals surface area contributed by atoms with Crippen LogP contribution in [0.2, 0.25) is 0 Å². The van der Waals surface area contributed by atoms with Crippen LogP contribution in [-0.2, 0) is 4.79 Å². The highest BCUT2D eigenvalue weighted by atomic mass is 19.1. The van der Waals surface area contributed by atoms with E-state index in [9.17, 15) is 13.6 Å². The zero-order chi connectivity index (χ0) is 16.1. The van der Waals surface area contributed by atoms with Crippen LogP contribution in [0.1, 0.15) is 31.9 Å². The lowest BCUT2D eigenvalue weighted by Gasteiger charge is -2.27. The highest BCUT2D eigenvalue weighted by molar-refractivity contribution is 5.85. The van der Waals surface area contributed by atoms with E-state index in [4.69, 9.17) is 6.57 Å². The fourth-order valence-corrected chi connectivity index (χ4v) is 3.29. The first-order valence-corrected chi connectivity index (χ1v) is 7.27. The molecule has 2 heterocycles. The summed E-state index contributed by atoms with van der Waals surface area (Å²) in [6.45, 7) is 11.0. The molecule has 3 rings (SSSR count). The van der Waals surface area contributed by atoms with Gasteiger partial charge in [0.2, 0.25) is 5.91 Å². The molecular weight excluding hydrogens is 288 g/mol. The number of alkyl halides is 1. The van der Waals surface area contributed by atoms with Crippen molar-refractivity contribution in [2.24, 2.45) is 5.41 Å². The van der Waals surface area contributed by atoms with Crippen LogP contribution >= 0.6 is 0 Å². The van der Waals surface area contributed by atoms with E-state index >= 15 is 0 Å². The van der Waals surface area contributed by atoms with Crippen molar-refractivity contribution in [2.75, 3.05) is 13.1 Å². The fourth-order valence-electron chi connectivity index (χ4n) is 3.29. The van der Waals surface area contributed by atoms with E-state index in [0.717, 1.165) is 0 Å². The summed E-state index contributed by atoms with van der Waals surface area (Å²) in [5.41, 5.74) is -0.256. The number of benzene rings is 1. The Bertz CT molecular complexity index is 670. The molecular formula is C16H17F2N3O. The molecule has 0 bridgehead atoms. The highest BCUT2D eigenvalue weighted by Gasteiger charge is 2.55. The number of halogens is 2. The van der Waals surface area contributed by atoms with Gasteiger partial charge in [0.15, 0.2) is 5.69 Å². The summed E-state index contributed by atoms with van der Waals surface area (Å²) in [5, 5.41) is 3.39.